The van der Waals surface area contributed by atoms with Crippen LogP contribution in [0.4, 0.5) is 0 Å². The fraction of sp³-hybridized carbons (Fsp3) is 0.895. The minimum absolute atomic E-state index is 0.116. The zero-order valence-corrected chi connectivity index (χ0v) is 16.3. The second kappa shape index (κ2) is 13.2. The largest absolute Gasteiger partial charge is 0.477 e. The number of nitrogens with zero attached hydrogens (tertiary/aromatic N) is 1. The molecule has 0 aromatic heterocycles. The molecule has 2 N–H and O–H groups in total. The Morgan fingerprint density at radius 1 is 0.958 bits per heavy atom. The topological polar surface area (TPSA) is 66.4 Å². The lowest BCUT2D eigenvalue weighted by atomic mass is 9.94. The van der Waals surface area contributed by atoms with Crippen LogP contribution in [0.2, 0.25) is 0 Å². The number of hydrogen-bond acceptors (Lipinski definition) is 2. The van der Waals surface area contributed by atoms with Crippen molar-refractivity contribution < 1.29 is 19.2 Å². The molecule has 0 aliphatic rings. The van der Waals surface area contributed by atoms with Gasteiger partial charge in [0, 0.05) is 18.9 Å². The van der Waals surface area contributed by atoms with Gasteiger partial charge in [0.05, 0.1) is 20.6 Å². The maximum absolute atomic E-state index is 12.4. The van der Waals surface area contributed by atoms with Crippen LogP contribution in [0.3, 0.4) is 0 Å². The van der Waals surface area contributed by atoms with E-state index in [9.17, 15) is 9.59 Å². The van der Waals surface area contributed by atoms with Crippen molar-refractivity contribution in [3.8, 4) is 0 Å². The molecule has 24 heavy (non-hydrogen) atoms. The van der Waals surface area contributed by atoms with E-state index >= 15 is 0 Å². The molecule has 0 bridgehead atoms. The van der Waals surface area contributed by atoms with Crippen LogP contribution in [-0.4, -0.2) is 55.2 Å². The number of carbonyl (C=O) groups is 2. The van der Waals surface area contributed by atoms with Crippen molar-refractivity contribution in [2.24, 2.45) is 5.92 Å². The maximum atomic E-state index is 12.4. The van der Waals surface area contributed by atoms with Gasteiger partial charge in [-0.05, 0) is 12.8 Å². The highest BCUT2D eigenvalue weighted by molar-refractivity contribution is 5.78. The number of aliphatic carboxylic acids is 1. The Balaban J connectivity index is 4.13. The number of carboxylic acids is 1. The van der Waals surface area contributed by atoms with Crippen molar-refractivity contribution in [1.82, 2.24) is 5.32 Å². The highest BCUT2D eigenvalue weighted by Crippen LogP contribution is 2.17. The lowest BCUT2D eigenvalue weighted by Crippen LogP contribution is -2.45. The third kappa shape index (κ3) is 12.3. The van der Waals surface area contributed by atoms with Crippen LogP contribution >= 0.6 is 0 Å². The van der Waals surface area contributed by atoms with E-state index in [0.29, 0.717) is 11.0 Å². The van der Waals surface area contributed by atoms with Gasteiger partial charge in [-0.25, -0.2) is 4.79 Å². The van der Waals surface area contributed by atoms with Gasteiger partial charge in [-0.3, -0.25) is 4.79 Å². The first-order valence-corrected chi connectivity index (χ1v) is 9.64. The molecule has 0 saturated heterocycles. The third-order valence-corrected chi connectivity index (χ3v) is 4.49. The molecule has 5 nitrogen and oxygen atoms in total. The summed E-state index contributed by atoms with van der Waals surface area (Å²) in [5.74, 6) is -0.456. The van der Waals surface area contributed by atoms with Gasteiger partial charge in [-0.1, -0.05) is 52.4 Å². The number of likely N-dealkylation sites (N-methyl/N-ethyl adjacent to an activating group) is 1. The summed E-state index contributed by atoms with van der Waals surface area (Å²) in [6.45, 7) is 5.87. The van der Waals surface area contributed by atoms with Crippen molar-refractivity contribution >= 4 is 11.9 Å². The molecule has 0 heterocycles. The van der Waals surface area contributed by atoms with Gasteiger partial charge < -0.3 is 14.9 Å². The number of quaternary nitrogens is 1. The first-order valence-electron chi connectivity index (χ1n) is 9.64. The fourth-order valence-corrected chi connectivity index (χ4v) is 2.98. The van der Waals surface area contributed by atoms with E-state index in [1.54, 1.807) is 0 Å². The maximum Gasteiger partial charge on any atom is 0.359 e. The SMILES string of the molecule is CCCCCCC(CCCC)C(=O)NCCC[N+](C)(C)CC(=O)O. The number of carbonyl (C=O) groups excluding carboxylic acids is 1. The molecule has 0 aliphatic carbocycles. The molecule has 0 aromatic rings. The predicted molar refractivity (Wildman–Crippen MR) is 98.9 cm³/mol. The molecule has 0 spiro atoms. The zero-order chi connectivity index (χ0) is 18.4. The first-order chi connectivity index (χ1) is 11.3. The quantitative estimate of drug-likeness (QED) is 0.354. The Labute approximate surface area is 148 Å². The number of amides is 1. The van der Waals surface area contributed by atoms with Crippen LogP contribution in [-0.2, 0) is 9.59 Å². The van der Waals surface area contributed by atoms with Gasteiger partial charge in [-0.2, -0.15) is 0 Å². The van der Waals surface area contributed by atoms with Gasteiger partial charge in [0.2, 0.25) is 5.91 Å². The normalized spacial score (nSPS) is 12.8. The van der Waals surface area contributed by atoms with Crippen LogP contribution in [0.15, 0.2) is 0 Å². The summed E-state index contributed by atoms with van der Waals surface area (Å²) in [5, 5.41) is 11.9. The molecule has 0 fully saturated rings. The van der Waals surface area contributed by atoms with E-state index in [0.717, 1.165) is 45.1 Å². The Hall–Kier alpha value is -1.10. The molecule has 1 unspecified atom stereocenters. The molecule has 0 rings (SSSR count). The number of rotatable bonds is 15. The zero-order valence-electron chi connectivity index (χ0n) is 16.3. The summed E-state index contributed by atoms with van der Waals surface area (Å²) in [7, 11) is 3.82. The second-order valence-corrected chi connectivity index (χ2v) is 7.54. The summed E-state index contributed by atoms with van der Waals surface area (Å²) < 4.78 is 0.446. The minimum atomic E-state index is -0.782. The van der Waals surface area contributed by atoms with Gasteiger partial charge in [0.25, 0.3) is 0 Å². The standard InChI is InChI=1S/C19H38N2O3/c1-5-7-9-10-13-17(12-8-6-2)19(24)20-14-11-15-21(3,4)16-18(22)23/h17H,5-16H2,1-4H3,(H-,20,22,23,24)/p+1. The van der Waals surface area contributed by atoms with E-state index in [1.807, 2.05) is 14.1 Å². The van der Waals surface area contributed by atoms with E-state index in [1.165, 1.54) is 19.3 Å². The molecule has 1 atom stereocenters. The van der Waals surface area contributed by atoms with Gasteiger partial charge in [0.1, 0.15) is 0 Å². The molecule has 1 amide bonds. The summed E-state index contributed by atoms with van der Waals surface area (Å²) >= 11 is 0. The van der Waals surface area contributed by atoms with E-state index < -0.39 is 5.97 Å². The second-order valence-electron chi connectivity index (χ2n) is 7.54. The smallest absolute Gasteiger partial charge is 0.359 e. The minimum Gasteiger partial charge on any atom is -0.477 e. The van der Waals surface area contributed by atoms with E-state index in [2.05, 4.69) is 19.2 Å². The lowest BCUT2D eigenvalue weighted by molar-refractivity contribution is -0.883. The Morgan fingerprint density at radius 3 is 2.17 bits per heavy atom. The van der Waals surface area contributed by atoms with Crippen LogP contribution in [0, 0.1) is 5.92 Å². The number of nitrogens with one attached hydrogen (secondary N) is 1. The van der Waals surface area contributed by atoms with Crippen molar-refractivity contribution in [2.45, 2.75) is 71.6 Å². The molecule has 0 saturated carbocycles. The predicted octanol–water partition coefficient (Wildman–Crippen LogP) is 3.43. The highest BCUT2D eigenvalue weighted by atomic mass is 16.4. The molecule has 0 radical (unpaired) electrons. The van der Waals surface area contributed by atoms with Crippen LogP contribution in [0.5, 0.6) is 0 Å². The Bertz CT molecular complexity index is 357. The molecule has 5 heteroatoms. The summed E-state index contributed by atoms with van der Waals surface area (Å²) in [6, 6.07) is 0. The van der Waals surface area contributed by atoms with Crippen molar-refractivity contribution in [3.63, 3.8) is 0 Å². The highest BCUT2D eigenvalue weighted by Gasteiger charge is 2.20. The van der Waals surface area contributed by atoms with Gasteiger partial charge in [-0.15, -0.1) is 0 Å². The van der Waals surface area contributed by atoms with Crippen LogP contribution in [0.25, 0.3) is 0 Å². The monoisotopic (exact) mass is 343 g/mol. The fourth-order valence-electron chi connectivity index (χ4n) is 2.98. The summed E-state index contributed by atoms with van der Waals surface area (Å²) in [4.78, 5) is 23.2. The first kappa shape index (κ1) is 22.9. The van der Waals surface area contributed by atoms with E-state index in [-0.39, 0.29) is 18.4 Å². The molecule has 0 aromatic carbocycles. The van der Waals surface area contributed by atoms with Crippen molar-refractivity contribution in [1.29, 1.82) is 0 Å². The summed E-state index contributed by atoms with van der Waals surface area (Å²) in [6.07, 6.45) is 9.83. The average Bonchev–Trinajstić information content (AvgIpc) is 2.49. The lowest BCUT2D eigenvalue weighted by Gasteiger charge is -2.27. The van der Waals surface area contributed by atoms with Gasteiger partial charge >= 0.3 is 5.97 Å². The summed E-state index contributed by atoms with van der Waals surface area (Å²) in [5.41, 5.74) is 0. The Morgan fingerprint density at radius 2 is 1.58 bits per heavy atom. The molecular weight excluding hydrogens is 304 g/mol. The third-order valence-electron chi connectivity index (χ3n) is 4.49. The van der Waals surface area contributed by atoms with Crippen molar-refractivity contribution in [2.75, 3.05) is 33.7 Å². The molecule has 142 valence electrons. The van der Waals surface area contributed by atoms with Crippen LogP contribution < -0.4 is 5.32 Å². The van der Waals surface area contributed by atoms with E-state index in [4.69, 9.17) is 5.11 Å². The number of hydrogen-bond donors (Lipinski definition) is 2. The number of unbranched alkanes of at least 4 members (excludes halogenated alkanes) is 4. The molecular formula is C19H39N2O3+. The van der Waals surface area contributed by atoms with Crippen LogP contribution in [0.1, 0.15) is 71.6 Å². The van der Waals surface area contributed by atoms with Crippen molar-refractivity contribution in [3.05, 3.63) is 0 Å². The molecule has 0 aliphatic heterocycles. The van der Waals surface area contributed by atoms with Gasteiger partial charge in [0.15, 0.2) is 6.54 Å². The number of carboxylic acid groups (broad SMARTS) is 1. The Kier molecular flexibility index (Phi) is 12.6. The average molecular weight is 344 g/mol.